The average molecular weight is 297 g/mol. The summed E-state index contributed by atoms with van der Waals surface area (Å²) in [5.74, 6) is -0.306. The van der Waals surface area contributed by atoms with E-state index in [4.69, 9.17) is 0 Å². The predicted octanol–water partition coefficient (Wildman–Crippen LogP) is -1.00. The van der Waals surface area contributed by atoms with Gasteiger partial charge in [0.2, 0.25) is 5.88 Å². The topological polar surface area (TPSA) is 91.9 Å². The number of aromatic hydroxyl groups is 1. The van der Waals surface area contributed by atoms with Crippen LogP contribution in [0.15, 0.2) is 14.6 Å². The van der Waals surface area contributed by atoms with Crippen molar-refractivity contribution in [1.82, 2.24) is 9.55 Å². The molecule has 3 N–H and O–H groups in total. The minimum Gasteiger partial charge on any atom is -0.494 e. The lowest BCUT2D eigenvalue weighted by atomic mass is 10.3. The predicted molar refractivity (Wildman–Crippen MR) is 82.7 cm³/mol. The Morgan fingerprint density at radius 3 is 2.67 bits per heavy atom. The minimum atomic E-state index is -0.604. The van der Waals surface area contributed by atoms with Crippen LogP contribution in [0.5, 0.6) is 5.88 Å². The summed E-state index contributed by atoms with van der Waals surface area (Å²) < 4.78 is 1.18. The molecule has 118 valence electrons. The molecule has 1 heterocycles. The molecule has 0 amide bonds. The Bertz CT molecular complexity index is 587. The molecule has 0 saturated heterocycles. The molecule has 0 aromatic carbocycles. The van der Waals surface area contributed by atoms with Gasteiger partial charge in [0, 0.05) is 25.7 Å². The molecule has 0 saturated carbocycles. The molecule has 0 radical (unpaired) electrons. The highest BCUT2D eigenvalue weighted by atomic mass is 16.3. The highest BCUT2D eigenvalue weighted by molar-refractivity contribution is 5.81. The van der Waals surface area contributed by atoms with Crippen molar-refractivity contribution in [3.63, 3.8) is 0 Å². The number of aromatic amines is 1. The monoisotopic (exact) mass is 297 g/mol. The van der Waals surface area contributed by atoms with Crippen LogP contribution < -0.4 is 16.1 Å². The third-order valence-corrected chi connectivity index (χ3v) is 3.13. The van der Waals surface area contributed by atoms with Gasteiger partial charge in [0.1, 0.15) is 5.56 Å². The largest absolute Gasteiger partial charge is 0.494 e. The first kappa shape index (κ1) is 17.2. The number of aliphatic imine (C=N–C) groups is 1. The van der Waals surface area contributed by atoms with E-state index in [1.165, 1.54) is 15.7 Å². The van der Waals surface area contributed by atoms with Crippen molar-refractivity contribution >= 4 is 6.21 Å². The highest BCUT2D eigenvalue weighted by Crippen LogP contribution is 2.08. The average Bonchev–Trinajstić information content (AvgIpc) is 2.41. The summed E-state index contributed by atoms with van der Waals surface area (Å²) in [5.41, 5.74) is -1.14. The Labute approximate surface area is 124 Å². The molecule has 21 heavy (non-hydrogen) atoms. The normalized spacial score (nSPS) is 11.6. The number of nitrogens with zero attached hydrogens (tertiary/aromatic N) is 2. The maximum atomic E-state index is 11.7. The fourth-order valence-corrected chi connectivity index (χ4v) is 1.89. The number of hydrogen-bond acceptors (Lipinski definition) is 4. The van der Waals surface area contributed by atoms with Crippen LogP contribution in [-0.2, 0) is 6.54 Å². The van der Waals surface area contributed by atoms with Crippen molar-refractivity contribution in [2.45, 2.75) is 32.7 Å². The molecule has 0 unspecified atom stereocenters. The maximum absolute atomic E-state index is 11.7. The van der Waals surface area contributed by atoms with Gasteiger partial charge in [0.25, 0.3) is 5.56 Å². The van der Waals surface area contributed by atoms with Crippen molar-refractivity contribution < 1.29 is 10.0 Å². The number of hydrogen-bond donors (Lipinski definition) is 3. The van der Waals surface area contributed by atoms with Gasteiger partial charge < -0.3 is 10.0 Å². The third-order valence-electron chi connectivity index (χ3n) is 3.13. The Morgan fingerprint density at radius 1 is 1.33 bits per heavy atom. The number of quaternary nitrogens is 1. The van der Waals surface area contributed by atoms with Gasteiger partial charge in [-0.2, -0.15) is 0 Å². The van der Waals surface area contributed by atoms with E-state index in [0.717, 1.165) is 25.8 Å². The number of nitrogens with one attached hydrogen (secondary N) is 2. The summed E-state index contributed by atoms with van der Waals surface area (Å²) in [6.45, 7) is 3.93. The molecule has 0 aliphatic carbocycles. The van der Waals surface area contributed by atoms with E-state index < -0.39 is 11.2 Å². The van der Waals surface area contributed by atoms with E-state index in [1.807, 2.05) is 6.92 Å². The molecule has 1 aromatic heterocycles. The molecule has 0 spiro atoms. The number of unbranched alkanes of at least 4 members (excludes halogenated alkanes) is 1. The summed E-state index contributed by atoms with van der Waals surface area (Å²) in [6.07, 6.45) is 3.89. The first-order chi connectivity index (χ1) is 9.97. The lowest BCUT2D eigenvalue weighted by Gasteiger charge is -2.08. The van der Waals surface area contributed by atoms with E-state index in [9.17, 15) is 14.7 Å². The summed E-state index contributed by atoms with van der Waals surface area (Å²) in [6, 6.07) is 0. The smallest absolute Gasteiger partial charge is 0.331 e. The Morgan fingerprint density at radius 2 is 2.05 bits per heavy atom. The Balaban J connectivity index is 2.89. The fourth-order valence-electron chi connectivity index (χ4n) is 1.89. The van der Waals surface area contributed by atoms with Gasteiger partial charge in [0.05, 0.1) is 20.6 Å². The minimum absolute atomic E-state index is 0.0444. The fraction of sp³-hybridized carbons (Fsp3) is 0.643. The van der Waals surface area contributed by atoms with Crippen LogP contribution in [0, 0.1) is 0 Å². The summed E-state index contributed by atoms with van der Waals surface area (Å²) in [5, 5.41) is 10.1. The second-order valence-corrected chi connectivity index (χ2v) is 5.35. The lowest BCUT2D eigenvalue weighted by Crippen LogP contribution is -3.05. The Kier molecular flexibility index (Phi) is 6.87. The van der Waals surface area contributed by atoms with Crippen molar-refractivity contribution in [2.24, 2.45) is 4.99 Å². The first-order valence-electron chi connectivity index (χ1n) is 7.32. The molecule has 0 atom stereocenters. The van der Waals surface area contributed by atoms with E-state index in [1.54, 1.807) is 0 Å². The standard InChI is InChI=1S/C14H24N4O3/c1-4-5-9-18-13(20)11(12(19)16-14(18)21)10-15-7-6-8-17(2)3/h10,20H,4-9H2,1-3H3,(H,16,19,21)/p+1. The molecule has 7 heteroatoms. The van der Waals surface area contributed by atoms with Gasteiger partial charge in [-0.3, -0.25) is 19.3 Å². The molecule has 1 aromatic rings. The van der Waals surface area contributed by atoms with Gasteiger partial charge in [-0.25, -0.2) is 4.79 Å². The molecular formula is C14H25N4O3+. The van der Waals surface area contributed by atoms with E-state index in [2.05, 4.69) is 24.1 Å². The lowest BCUT2D eigenvalue weighted by molar-refractivity contribution is -0.858. The van der Waals surface area contributed by atoms with Gasteiger partial charge >= 0.3 is 5.69 Å². The molecule has 0 aliphatic rings. The Hall–Kier alpha value is -1.89. The van der Waals surface area contributed by atoms with Gasteiger partial charge in [-0.15, -0.1) is 0 Å². The van der Waals surface area contributed by atoms with E-state index >= 15 is 0 Å². The second-order valence-electron chi connectivity index (χ2n) is 5.35. The van der Waals surface area contributed by atoms with Crippen LogP contribution >= 0.6 is 0 Å². The van der Waals surface area contributed by atoms with Gasteiger partial charge in [-0.1, -0.05) is 13.3 Å². The molecule has 7 nitrogen and oxygen atoms in total. The molecule has 0 aliphatic heterocycles. The molecule has 1 rings (SSSR count). The van der Waals surface area contributed by atoms with Crippen LogP contribution in [0.25, 0.3) is 0 Å². The van der Waals surface area contributed by atoms with Crippen molar-refractivity contribution in [2.75, 3.05) is 27.2 Å². The molecule has 0 bridgehead atoms. The molecule has 0 fully saturated rings. The van der Waals surface area contributed by atoms with Gasteiger partial charge in [0.15, 0.2) is 0 Å². The van der Waals surface area contributed by atoms with Crippen LogP contribution in [0.1, 0.15) is 31.7 Å². The third kappa shape index (κ3) is 5.18. The van der Waals surface area contributed by atoms with Crippen molar-refractivity contribution in [3.05, 3.63) is 26.4 Å². The van der Waals surface area contributed by atoms with Crippen molar-refractivity contribution in [1.29, 1.82) is 0 Å². The zero-order valence-corrected chi connectivity index (χ0v) is 13.0. The van der Waals surface area contributed by atoms with E-state index in [-0.39, 0.29) is 11.4 Å². The second kappa shape index (κ2) is 8.41. The zero-order valence-electron chi connectivity index (χ0n) is 13.0. The first-order valence-corrected chi connectivity index (χ1v) is 7.32. The summed E-state index contributed by atoms with van der Waals surface area (Å²) >= 11 is 0. The zero-order chi connectivity index (χ0) is 15.8. The van der Waals surface area contributed by atoms with E-state index in [0.29, 0.717) is 13.1 Å². The van der Waals surface area contributed by atoms with Gasteiger partial charge in [-0.05, 0) is 6.42 Å². The van der Waals surface area contributed by atoms with Crippen LogP contribution in [0.4, 0.5) is 0 Å². The SMILES string of the molecule is CCCCn1c(O)c(C=NCCC[NH+](C)C)c(=O)[nH]c1=O. The van der Waals surface area contributed by atoms with Crippen LogP contribution in [-0.4, -0.2) is 48.1 Å². The number of H-pyrrole nitrogens is 1. The number of rotatable bonds is 8. The van der Waals surface area contributed by atoms with Crippen LogP contribution in [0.2, 0.25) is 0 Å². The maximum Gasteiger partial charge on any atom is 0.331 e. The molecular weight excluding hydrogens is 272 g/mol. The quantitative estimate of drug-likeness (QED) is 0.424. The number of aromatic nitrogens is 2. The van der Waals surface area contributed by atoms with Crippen LogP contribution in [0.3, 0.4) is 0 Å². The summed E-state index contributed by atoms with van der Waals surface area (Å²) in [4.78, 5) is 31.1. The van der Waals surface area contributed by atoms with Crippen molar-refractivity contribution in [3.8, 4) is 5.88 Å². The summed E-state index contributed by atoms with van der Waals surface area (Å²) in [7, 11) is 4.12. The highest BCUT2D eigenvalue weighted by Gasteiger charge is 2.11.